The number of carboxylic acid groups (broad SMARTS) is 2. The number of hydrogen-bond donors (Lipinski definition) is 4. The Hall–Kier alpha value is -11.9. The first-order valence-corrected chi connectivity index (χ1v) is 47.4. The maximum Gasteiger partial charge on any atom is 0.338 e. The number of carbonyl (C=O) groups is 4. The van der Waals surface area contributed by atoms with Crippen LogP contribution in [0.2, 0.25) is 0 Å². The number of hydrogen-bond acceptors (Lipinski definition) is 12. The van der Waals surface area contributed by atoms with E-state index in [9.17, 15) is 39.6 Å². The summed E-state index contributed by atoms with van der Waals surface area (Å²) in [5.74, 6) is -0.359. The van der Waals surface area contributed by atoms with Crippen LogP contribution in [0.25, 0.3) is 144 Å². The molecule has 0 saturated heterocycles. The Kier molecular flexibility index (Phi) is 27.5. The van der Waals surface area contributed by atoms with E-state index in [1.807, 2.05) is 152 Å². The summed E-state index contributed by atoms with van der Waals surface area (Å²) >= 11 is 9.14. The van der Waals surface area contributed by atoms with E-state index < -0.39 is 11.9 Å². The number of ether oxygens (including phenoxy) is 2. The van der Waals surface area contributed by atoms with Gasteiger partial charge in [-0.15, -0.1) is 0 Å². The highest BCUT2D eigenvalue weighted by atomic mass is 33.4. The number of fused-ring (bicyclic) bond motifs is 12. The molecular formula is C98H84N4O10S7. The van der Waals surface area contributed by atoms with Crippen molar-refractivity contribution >= 4 is 156 Å². The summed E-state index contributed by atoms with van der Waals surface area (Å²) in [5, 5.41) is 49.1. The third-order valence-corrected chi connectivity index (χ3v) is 30.6. The van der Waals surface area contributed by atoms with Gasteiger partial charge in [-0.05, 0) is 212 Å². The lowest BCUT2D eigenvalue weighted by molar-refractivity contribution is 0.0419. The summed E-state index contributed by atoms with van der Waals surface area (Å²) in [6, 6.07) is 88.9. The number of aromatic carboxylic acids is 2. The molecular weight excluding hydrogens is 1620 g/mol. The van der Waals surface area contributed by atoms with Crippen LogP contribution in [0.1, 0.15) is 120 Å². The zero-order valence-corrected chi connectivity index (χ0v) is 71.4. The number of carbonyl (C=O) groups excluding carboxylic acids is 2. The molecule has 2 heterocycles. The highest BCUT2D eigenvalue weighted by molar-refractivity contribution is 8.68. The minimum Gasteiger partial charge on any atom is -0.507 e. The second-order valence-corrected chi connectivity index (χ2v) is 37.8. The van der Waals surface area contributed by atoms with Gasteiger partial charge in [0.25, 0.3) is 0 Å². The van der Waals surface area contributed by atoms with Crippen LogP contribution in [0.3, 0.4) is 0 Å². The minimum atomic E-state index is -0.978. The fraction of sp³-hybridized carbons (Fsp3) is 0.163. The van der Waals surface area contributed by atoms with E-state index in [0.29, 0.717) is 59.0 Å². The van der Waals surface area contributed by atoms with Gasteiger partial charge >= 0.3 is 23.9 Å². The Morgan fingerprint density at radius 3 is 0.975 bits per heavy atom. The molecule has 0 amide bonds. The number of unbranched alkanes of at least 4 members (excludes halogenated alkanes) is 2. The molecule has 14 nitrogen and oxygen atoms in total. The van der Waals surface area contributed by atoms with E-state index in [4.69, 9.17) is 19.4 Å². The van der Waals surface area contributed by atoms with Crippen molar-refractivity contribution < 1.29 is 49.1 Å². The van der Waals surface area contributed by atoms with Gasteiger partial charge in [0, 0.05) is 99.7 Å². The summed E-state index contributed by atoms with van der Waals surface area (Å²) in [5.41, 5.74) is 15.3. The van der Waals surface area contributed by atoms with Crippen molar-refractivity contribution in [2.24, 2.45) is 11.8 Å². The first-order chi connectivity index (χ1) is 58.1. The SMILES string of the molecule is CCCCC(CC)COC(=O)c1ccc(-c2ccc3c4ccc(-c5ccc(C(=O)OCC(CC)CCCC)cc5)cc4c4c(nc(-c5ccccc5O)n4-c4ccccc4)c3c2)cc1.O=C(O)c1ccc(-c2ccc3c4ccc(-c5ccc(C(=O)O)cc5)cc4c4c(nc(-c5ccccc5O)n4-c4ccccc4)c3c2)cc1.S=S=S=S=S=S=S. The molecule has 2 aromatic heterocycles. The van der Waals surface area contributed by atoms with Crippen LogP contribution in [0.4, 0.5) is 0 Å². The Balaban J connectivity index is 0.000000186. The van der Waals surface area contributed by atoms with E-state index in [2.05, 4.69) is 132 Å². The van der Waals surface area contributed by atoms with Crippen LogP contribution in [0, 0.1) is 11.8 Å². The first-order valence-electron chi connectivity index (χ1n) is 39.4. The smallest absolute Gasteiger partial charge is 0.338 e. The predicted octanol–water partition coefficient (Wildman–Crippen LogP) is 24.2. The summed E-state index contributed by atoms with van der Waals surface area (Å²) in [7, 11) is 7.36. The van der Waals surface area contributed by atoms with Gasteiger partial charge in [0.1, 0.15) is 23.1 Å². The molecule has 0 saturated carbocycles. The van der Waals surface area contributed by atoms with Crippen LogP contribution >= 0.6 is 0 Å². The van der Waals surface area contributed by atoms with Gasteiger partial charge in [0.2, 0.25) is 0 Å². The molecule has 0 bridgehead atoms. The monoisotopic (exact) mass is 1700 g/mol. The van der Waals surface area contributed by atoms with Crippen LogP contribution in [-0.4, -0.2) is 76.6 Å². The van der Waals surface area contributed by atoms with Crippen molar-refractivity contribution in [2.45, 2.75) is 79.1 Å². The number of aromatic hydroxyl groups is 2. The standard InChI is InChI=1S/C57H58N2O5.C41H26N2O5.S7/c1-5-9-16-38(7-3)36-63-56(61)42-26-22-40(23-27-42)44-30-32-47-48-33-31-45(41-24-28-43(29-25-41)57(62)64-37-39(8-4)17-10-6-2)35-51(48)54-53(50(47)34-44)58-55(49-20-14-15-21-52(49)60)59(54)46-18-12-11-13-19-46;44-36-9-5-4-8-33(36)39-42-37-34-22-28(24-10-14-26(15-11-24)40(45)46)18-20-31(34)32-21-19-29(25-12-16-27(17-13-25)41(47)48)23-35(32)38(37)43(39)30-6-2-1-3-7-30;1-3-5-7-6-4-2/h11-15,18-35,38-39,60H,5-10,16-17,36-37H2,1-4H3;1-23,44H,(H,45,46)(H,47,48);. The molecule has 0 aliphatic heterocycles. The van der Waals surface area contributed by atoms with Crippen LogP contribution < -0.4 is 0 Å². The Labute approximate surface area is 713 Å². The van der Waals surface area contributed by atoms with Gasteiger partial charge in [-0.1, -0.05) is 224 Å². The quantitative estimate of drug-likeness (QED) is 0.0328. The fourth-order valence-corrected chi connectivity index (χ4v) is 23.5. The van der Waals surface area contributed by atoms with Crippen molar-refractivity contribution in [1.82, 2.24) is 19.1 Å². The second kappa shape index (κ2) is 39.1. The molecule has 16 rings (SSSR count). The number of carboxylic acids is 2. The molecule has 598 valence electrons. The maximum absolute atomic E-state index is 13.1. The summed E-state index contributed by atoms with van der Waals surface area (Å²) < 4.78 is 15.8. The van der Waals surface area contributed by atoms with Crippen molar-refractivity contribution in [2.75, 3.05) is 13.2 Å². The Morgan fingerprint density at radius 2 is 0.664 bits per heavy atom. The number of phenolic OH excluding ortho intramolecular Hbond substituents is 2. The lowest BCUT2D eigenvalue weighted by Crippen LogP contribution is -2.14. The van der Waals surface area contributed by atoms with Crippen LogP contribution in [0.5, 0.6) is 11.5 Å². The number of benzene rings is 14. The van der Waals surface area contributed by atoms with Gasteiger partial charge in [-0.25, -0.2) is 29.1 Å². The first kappa shape index (κ1) is 83.6. The van der Waals surface area contributed by atoms with Gasteiger partial charge < -0.3 is 29.9 Å². The van der Waals surface area contributed by atoms with E-state index in [1.165, 1.54) is 17.8 Å². The molecule has 0 radical (unpaired) electrons. The average molecular weight is 1700 g/mol. The van der Waals surface area contributed by atoms with Gasteiger partial charge in [-0.3, -0.25) is 9.13 Å². The molecule has 0 spiro atoms. The minimum absolute atomic E-state index is 0.108. The second-order valence-electron chi connectivity index (χ2n) is 29.0. The van der Waals surface area contributed by atoms with E-state index in [1.54, 1.807) is 81.2 Å². The third-order valence-electron chi connectivity index (χ3n) is 21.7. The Morgan fingerprint density at radius 1 is 0.361 bits per heavy atom. The molecule has 2 unspecified atom stereocenters. The van der Waals surface area contributed by atoms with Crippen LogP contribution in [-0.2, 0) is 76.3 Å². The highest BCUT2D eigenvalue weighted by Gasteiger charge is 2.26. The molecule has 16 aromatic rings. The van der Waals surface area contributed by atoms with Crippen molar-refractivity contribution in [1.29, 1.82) is 0 Å². The van der Waals surface area contributed by atoms with E-state index in [0.717, 1.165) is 172 Å². The van der Waals surface area contributed by atoms with E-state index >= 15 is 0 Å². The number of rotatable bonds is 24. The van der Waals surface area contributed by atoms with E-state index in [-0.39, 0.29) is 34.6 Å². The molecule has 0 aliphatic rings. The van der Waals surface area contributed by atoms with Crippen molar-refractivity contribution in [3.05, 3.63) is 301 Å². The lowest BCUT2D eigenvalue weighted by atomic mass is 9.93. The van der Waals surface area contributed by atoms with Gasteiger partial charge in [0.05, 0.1) is 68.7 Å². The number of imidazole rings is 2. The molecule has 21 heteroatoms. The summed E-state index contributed by atoms with van der Waals surface area (Å²) in [6.45, 7) is 9.54. The summed E-state index contributed by atoms with van der Waals surface area (Å²) in [4.78, 5) is 59.9. The zero-order valence-electron chi connectivity index (χ0n) is 65.7. The largest absolute Gasteiger partial charge is 0.507 e. The zero-order chi connectivity index (χ0) is 83.1. The number of nitrogens with zero attached hydrogens (tertiary/aromatic N) is 4. The predicted molar refractivity (Wildman–Crippen MR) is 501 cm³/mol. The van der Waals surface area contributed by atoms with Crippen molar-refractivity contribution in [3.63, 3.8) is 0 Å². The molecule has 0 fully saturated rings. The molecule has 2 atom stereocenters. The Bertz CT molecular complexity index is 6690. The highest BCUT2D eigenvalue weighted by Crippen LogP contribution is 2.46. The number of aromatic nitrogens is 4. The number of para-hydroxylation sites is 4. The lowest BCUT2D eigenvalue weighted by Gasteiger charge is -2.15. The number of esters is 2. The number of phenols is 2. The molecule has 119 heavy (non-hydrogen) atoms. The van der Waals surface area contributed by atoms with Gasteiger partial charge in [0.15, 0.2) is 0 Å². The van der Waals surface area contributed by atoms with Crippen LogP contribution in [0.15, 0.2) is 279 Å². The topological polar surface area (TPSA) is 203 Å². The fourth-order valence-electron chi connectivity index (χ4n) is 15.3. The van der Waals surface area contributed by atoms with Gasteiger partial charge in [-0.2, -0.15) is 0 Å². The third kappa shape index (κ3) is 18.7. The molecule has 4 N–H and O–H groups in total. The molecule has 0 aliphatic carbocycles. The molecule has 14 aromatic carbocycles. The summed E-state index contributed by atoms with van der Waals surface area (Å²) in [6.07, 6.45) is 8.63. The van der Waals surface area contributed by atoms with Crippen molar-refractivity contribution in [3.8, 4) is 90.2 Å². The maximum atomic E-state index is 13.1. The normalized spacial score (nSPS) is 11.6. The average Bonchev–Trinajstić information content (AvgIpc) is 1.57.